The number of benzene rings is 2. The number of carbonyl (C=O) groups excluding carboxylic acids is 1. The molecule has 4 nitrogen and oxygen atoms in total. The van der Waals surface area contributed by atoms with E-state index in [9.17, 15) is 4.79 Å². The van der Waals surface area contributed by atoms with Gasteiger partial charge in [-0.15, -0.1) is 0 Å². The number of rotatable bonds is 4. The van der Waals surface area contributed by atoms with Crippen molar-refractivity contribution in [2.24, 2.45) is 0 Å². The van der Waals surface area contributed by atoms with Gasteiger partial charge in [0, 0.05) is 12.2 Å². The summed E-state index contributed by atoms with van der Waals surface area (Å²) in [6, 6.07) is 14.0. The Balaban J connectivity index is 1.72. The quantitative estimate of drug-likeness (QED) is 0.670. The highest BCUT2D eigenvalue weighted by Gasteiger charge is 2.27. The van der Waals surface area contributed by atoms with Crippen molar-refractivity contribution in [3.8, 4) is 0 Å². The second-order valence-corrected chi connectivity index (χ2v) is 7.84. The lowest BCUT2D eigenvalue weighted by Gasteiger charge is -2.24. The number of thiazole rings is 1. The number of aryl methyl sites for hydroxylation is 2. The molecule has 0 saturated carbocycles. The lowest BCUT2D eigenvalue weighted by Crippen LogP contribution is -2.37. The van der Waals surface area contributed by atoms with E-state index < -0.39 is 0 Å². The number of fused-ring (bicyclic) bond motifs is 1. The topological polar surface area (TPSA) is 42.4 Å². The van der Waals surface area contributed by atoms with Gasteiger partial charge in [0.15, 0.2) is 5.13 Å². The van der Waals surface area contributed by atoms with Gasteiger partial charge in [-0.05, 0) is 50.5 Å². The minimum Gasteiger partial charge on any atom is -0.376 e. The van der Waals surface area contributed by atoms with Crippen molar-refractivity contribution in [1.29, 1.82) is 0 Å². The van der Waals surface area contributed by atoms with Crippen LogP contribution < -0.4 is 4.90 Å². The SMILES string of the molecule is Cc1ccc(C(=O)N(CC2CCCO2)c2nc3ccccc3s2)c(C)c1. The number of anilines is 1. The molecule has 0 aliphatic carbocycles. The molecule has 1 amide bonds. The maximum absolute atomic E-state index is 13.4. The predicted octanol–water partition coefficient (Wildman–Crippen LogP) is 4.74. The van der Waals surface area contributed by atoms with E-state index in [0.29, 0.717) is 6.54 Å². The molecule has 2 heterocycles. The maximum Gasteiger partial charge on any atom is 0.260 e. The summed E-state index contributed by atoms with van der Waals surface area (Å²) >= 11 is 1.56. The second kappa shape index (κ2) is 7.17. The molecule has 1 atom stereocenters. The zero-order chi connectivity index (χ0) is 18.1. The van der Waals surface area contributed by atoms with Crippen molar-refractivity contribution in [2.45, 2.75) is 32.8 Å². The lowest BCUT2D eigenvalue weighted by atomic mass is 10.0. The van der Waals surface area contributed by atoms with E-state index in [4.69, 9.17) is 9.72 Å². The van der Waals surface area contributed by atoms with Crippen molar-refractivity contribution >= 4 is 32.6 Å². The highest BCUT2D eigenvalue weighted by molar-refractivity contribution is 7.22. The third-order valence-electron chi connectivity index (χ3n) is 4.78. The molecule has 4 rings (SSSR count). The Bertz CT molecular complexity index is 911. The van der Waals surface area contributed by atoms with Crippen LogP contribution in [0.4, 0.5) is 5.13 Å². The van der Waals surface area contributed by atoms with Crippen molar-refractivity contribution in [1.82, 2.24) is 4.98 Å². The Kier molecular flexibility index (Phi) is 4.74. The van der Waals surface area contributed by atoms with Gasteiger partial charge < -0.3 is 4.74 Å². The molecule has 3 aromatic rings. The van der Waals surface area contributed by atoms with E-state index in [1.54, 1.807) is 16.2 Å². The molecule has 1 unspecified atom stereocenters. The van der Waals surface area contributed by atoms with E-state index in [1.165, 1.54) is 0 Å². The molecule has 134 valence electrons. The van der Waals surface area contributed by atoms with Crippen LogP contribution in [0.3, 0.4) is 0 Å². The van der Waals surface area contributed by atoms with Crippen molar-refractivity contribution in [2.75, 3.05) is 18.1 Å². The van der Waals surface area contributed by atoms with Crippen LogP contribution in [-0.4, -0.2) is 30.1 Å². The molecule has 1 aliphatic rings. The molecule has 2 aromatic carbocycles. The summed E-state index contributed by atoms with van der Waals surface area (Å²) in [6.45, 7) is 5.35. The highest BCUT2D eigenvalue weighted by Crippen LogP contribution is 2.31. The fourth-order valence-corrected chi connectivity index (χ4v) is 4.39. The van der Waals surface area contributed by atoms with Gasteiger partial charge in [-0.2, -0.15) is 0 Å². The van der Waals surface area contributed by atoms with E-state index in [0.717, 1.165) is 51.5 Å². The molecular formula is C21H22N2O2S. The third-order valence-corrected chi connectivity index (χ3v) is 5.84. The van der Waals surface area contributed by atoms with E-state index in [-0.39, 0.29) is 12.0 Å². The summed E-state index contributed by atoms with van der Waals surface area (Å²) in [5.41, 5.74) is 3.81. The Labute approximate surface area is 157 Å². The molecular weight excluding hydrogens is 344 g/mol. The summed E-state index contributed by atoms with van der Waals surface area (Å²) in [5, 5.41) is 0.742. The Morgan fingerprint density at radius 1 is 1.27 bits per heavy atom. The van der Waals surface area contributed by atoms with Crippen LogP contribution in [0.15, 0.2) is 42.5 Å². The number of hydrogen-bond donors (Lipinski definition) is 0. The van der Waals surface area contributed by atoms with Crippen molar-refractivity contribution in [3.63, 3.8) is 0 Å². The number of nitrogens with zero attached hydrogens (tertiary/aromatic N) is 2. The van der Waals surface area contributed by atoms with Crippen molar-refractivity contribution in [3.05, 3.63) is 59.2 Å². The standard InChI is InChI=1S/C21H22N2O2S/c1-14-9-10-17(15(2)12-14)20(24)23(13-16-6-5-11-25-16)21-22-18-7-3-4-8-19(18)26-21/h3-4,7-10,12,16H,5-6,11,13H2,1-2H3. The molecule has 0 spiro atoms. The molecule has 1 aromatic heterocycles. The largest absolute Gasteiger partial charge is 0.376 e. The molecule has 1 aliphatic heterocycles. The molecule has 1 saturated heterocycles. The van der Waals surface area contributed by atoms with Crippen LogP contribution in [0, 0.1) is 13.8 Å². The zero-order valence-electron chi connectivity index (χ0n) is 15.1. The van der Waals surface area contributed by atoms with Gasteiger partial charge in [0.1, 0.15) is 0 Å². The number of carbonyl (C=O) groups is 1. The Morgan fingerprint density at radius 2 is 2.12 bits per heavy atom. The van der Waals surface area contributed by atoms with Gasteiger partial charge in [-0.1, -0.05) is 41.2 Å². The van der Waals surface area contributed by atoms with Gasteiger partial charge in [-0.3, -0.25) is 9.69 Å². The average molecular weight is 366 g/mol. The predicted molar refractivity (Wildman–Crippen MR) is 106 cm³/mol. The van der Waals surface area contributed by atoms with E-state index in [1.807, 2.05) is 50.2 Å². The first-order valence-electron chi connectivity index (χ1n) is 8.98. The molecule has 1 fully saturated rings. The molecule has 0 radical (unpaired) electrons. The van der Waals surface area contributed by atoms with Crippen LogP contribution in [0.25, 0.3) is 10.2 Å². The third kappa shape index (κ3) is 3.37. The summed E-state index contributed by atoms with van der Waals surface area (Å²) in [5.74, 6) is -0.00273. The number of ether oxygens (including phenoxy) is 1. The van der Waals surface area contributed by atoms with Gasteiger partial charge in [0.05, 0.1) is 22.9 Å². The fourth-order valence-electron chi connectivity index (χ4n) is 3.41. The minimum absolute atomic E-state index is 0.00273. The molecule has 5 heteroatoms. The van der Waals surface area contributed by atoms with Crippen LogP contribution in [0.1, 0.15) is 34.3 Å². The maximum atomic E-state index is 13.4. The molecule has 0 N–H and O–H groups in total. The number of para-hydroxylation sites is 1. The first kappa shape index (κ1) is 17.2. The number of amides is 1. The van der Waals surface area contributed by atoms with E-state index >= 15 is 0 Å². The summed E-state index contributed by atoms with van der Waals surface area (Å²) in [4.78, 5) is 19.9. The number of hydrogen-bond acceptors (Lipinski definition) is 4. The van der Waals surface area contributed by atoms with Gasteiger partial charge >= 0.3 is 0 Å². The normalized spacial score (nSPS) is 16.9. The smallest absolute Gasteiger partial charge is 0.260 e. The lowest BCUT2D eigenvalue weighted by molar-refractivity contribution is 0.0917. The van der Waals surface area contributed by atoms with Crippen LogP contribution in [0.5, 0.6) is 0 Å². The van der Waals surface area contributed by atoms with Gasteiger partial charge in [0.25, 0.3) is 5.91 Å². The average Bonchev–Trinajstić information content (AvgIpc) is 3.28. The Hall–Kier alpha value is -2.24. The van der Waals surface area contributed by atoms with E-state index in [2.05, 4.69) is 6.07 Å². The van der Waals surface area contributed by atoms with Crippen LogP contribution in [0.2, 0.25) is 0 Å². The number of aromatic nitrogens is 1. The molecule has 26 heavy (non-hydrogen) atoms. The minimum atomic E-state index is -0.00273. The molecule has 0 bridgehead atoms. The van der Waals surface area contributed by atoms with Gasteiger partial charge in [-0.25, -0.2) is 4.98 Å². The summed E-state index contributed by atoms with van der Waals surface area (Å²) in [7, 11) is 0. The zero-order valence-corrected chi connectivity index (χ0v) is 15.9. The monoisotopic (exact) mass is 366 g/mol. The second-order valence-electron chi connectivity index (χ2n) is 6.83. The first-order chi connectivity index (χ1) is 12.6. The first-order valence-corrected chi connectivity index (χ1v) is 9.80. The highest BCUT2D eigenvalue weighted by atomic mass is 32.1. The van der Waals surface area contributed by atoms with Crippen LogP contribution >= 0.6 is 11.3 Å². The Morgan fingerprint density at radius 3 is 2.85 bits per heavy atom. The van der Waals surface area contributed by atoms with Crippen LogP contribution in [-0.2, 0) is 4.74 Å². The van der Waals surface area contributed by atoms with Crippen molar-refractivity contribution < 1.29 is 9.53 Å². The summed E-state index contributed by atoms with van der Waals surface area (Å²) < 4.78 is 6.89. The summed E-state index contributed by atoms with van der Waals surface area (Å²) in [6.07, 6.45) is 2.12. The van der Waals surface area contributed by atoms with Gasteiger partial charge in [0.2, 0.25) is 0 Å². The fraction of sp³-hybridized carbons (Fsp3) is 0.333.